The largest absolute Gasteiger partial charge is 0.357 e. The number of hydrogen-bond donors (Lipinski definition) is 2. The average Bonchev–Trinajstić information content (AvgIpc) is 3.10. The molecule has 2 N–H and O–H groups in total. The maximum atomic E-state index is 4.82. The Morgan fingerprint density at radius 2 is 2.00 bits per heavy atom. The fourth-order valence-electron chi connectivity index (χ4n) is 3.22. The Labute approximate surface area is 146 Å². The molecule has 2 saturated heterocycles. The predicted octanol–water partition coefficient (Wildman–Crippen LogP) is 1.46. The van der Waals surface area contributed by atoms with E-state index in [1.54, 1.807) is 0 Å². The fraction of sp³-hybridized carbons (Fsp3) is 0.941. The van der Waals surface area contributed by atoms with Gasteiger partial charge in [0.2, 0.25) is 0 Å². The van der Waals surface area contributed by atoms with E-state index in [9.17, 15) is 0 Å². The molecule has 2 heterocycles. The minimum atomic E-state index is 0.519. The number of aliphatic imine (C=N–C) groups is 1. The van der Waals surface area contributed by atoms with Crippen LogP contribution < -0.4 is 10.6 Å². The van der Waals surface area contributed by atoms with Gasteiger partial charge < -0.3 is 15.5 Å². The number of thioether (sulfide) groups is 1. The molecule has 0 aromatic heterocycles. The Hall–Kier alpha value is -0.460. The van der Waals surface area contributed by atoms with Crippen molar-refractivity contribution in [2.45, 2.75) is 44.9 Å². The van der Waals surface area contributed by atoms with E-state index in [1.807, 2.05) is 0 Å². The second kappa shape index (κ2) is 10.4. The van der Waals surface area contributed by atoms with Crippen LogP contribution in [0.3, 0.4) is 0 Å². The van der Waals surface area contributed by atoms with Gasteiger partial charge >= 0.3 is 0 Å². The highest BCUT2D eigenvalue weighted by Crippen LogP contribution is 2.25. The topological polar surface area (TPSA) is 42.9 Å². The Morgan fingerprint density at radius 3 is 2.61 bits per heavy atom. The lowest BCUT2D eigenvalue weighted by atomic mass is 10.2. The third-order valence-corrected chi connectivity index (χ3v) is 6.25. The molecule has 5 nitrogen and oxygen atoms in total. The first-order chi connectivity index (χ1) is 11.2. The molecule has 0 aliphatic carbocycles. The first kappa shape index (κ1) is 18.9. The van der Waals surface area contributed by atoms with Gasteiger partial charge in [-0.25, -0.2) is 0 Å². The van der Waals surface area contributed by atoms with Crippen molar-refractivity contribution < 1.29 is 0 Å². The summed E-state index contributed by atoms with van der Waals surface area (Å²) in [5, 5.41) is 7.67. The Balaban J connectivity index is 1.74. The van der Waals surface area contributed by atoms with E-state index in [0.717, 1.165) is 30.8 Å². The summed E-state index contributed by atoms with van der Waals surface area (Å²) in [6, 6.07) is 0.519. The Kier molecular flexibility index (Phi) is 8.55. The van der Waals surface area contributed by atoms with Crippen LogP contribution in [-0.4, -0.2) is 85.2 Å². The normalized spacial score (nSPS) is 25.5. The molecule has 134 valence electrons. The zero-order valence-electron chi connectivity index (χ0n) is 15.2. The van der Waals surface area contributed by atoms with Crippen LogP contribution in [0.15, 0.2) is 4.99 Å². The molecule has 2 fully saturated rings. The second-order valence-electron chi connectivity index (χ2n) is 6.55. The van der Waals surface area contributed by atoms with Crippen molar-refractivity contribution in [3.63, 3.8) is 0 Å². The number of hydrogen-bond acceptors (Lipinski definition) is 4. The molecule has 0 radical (unpaired) electrons. The van der Waals surface area contributed by atoms with Gasteiger partial charge in [0.15, 0.2) is 5.96 Å². The van der Waals surface area contributed by atoms with Gasteiger partial charge in [-0.15, -0.1) is 0 Å². The van der Waals surface area contributed by atoms with Gasteiger partial charge in [-0.1, -0.05) is 6.92 Å². The van der Waals surface area contributed by atoms with E-state index >= 15 is 0 Å². The average molecular weight is 342 g/mol. The van der Waals surface area contributed by atoms with Gasteiger partial charge in [0, 0.05) is 50.6 Å². The number of likely N-dealkylation sites (N-methyl/N-ethyl adjacent to an activating group) is 1. The predicted molar refractivity (Wildman–Crippen MR) is 103 cm³/mol. The highest BCUT2D eigenvalue weighted by Gasteiger charge is 2.20. The molecule has 6 heteroatoms. The molecule has 2 aliphatic heterocycles. The van der Waals surface area contributed by atoms with Crippen LogP contribution in [-0.2, 0) is 0 Å². The summed E-state index contributed by atoms with van der Waals surface area (Å²) in [4.78, 5) is 9.92. The number of nitrogens with one attached hydrogen (secondary N) is 2. The monoisotopic (exact) mass is 341 g/mol. The Morgan fingerprint density at radius 1 is 1.22 bits per heavy atom. The molecule has 0 saturated carbocycles. The van der Waals surface area contributed by atoms with Crippen molar-refractivity contribution in [2.75, 3.05) is 58.1 Å². The standard InChI is InChI=1S/C17H35N5S/c1-4-18-17(20-14-16-7-6-12-23-16)19-13-15(3)22-10-8-21(5-2)9-11-22/h15-16H,4-14H2,1-3H3,(H2,18,19,20). The molecule has 0 spiro atoms. The first-order valence-corrected chi connectivity index (χ1v) is 10.4. The smallest absolute Gasteiger partial charge is 0.191 e. The van der Waals surface area contributed by atoms with Crippen LogP contribution in [0.5, 0.6) is 0 Å². The Bertz CT molecular complexity index is 349. The molecule has 23 heavy (non-hydrogen) atoms. The lowest BCUT2D eigenvalue weighted by Crippen LogP contribution is -2.50. The molecule has 2 unspecified atom stereocenters. The number of piperazine rings is 1. The van der Waals surface area contributed by atoms with E-state index in [-0.39, 0.29) is 0 Å². The molecular weight excluding hydrogens is 306 g/mol. The van der Waals surface area contributed by atoms with Crippen molar-refractivity contribution in [1.29, 1.82) is 0 Å². The van der Waals surface area contributed by atoms with E-state index in [1.165, 1.54) is 51.3 Å². The molecular formula is C17H35N5S. The van der Waals surface area contributed by atoms with Gasteiger partial charge in [-0.05, 0) is 39.0 Å². The van der Waals surface area contributed by atoms with Gasteiger partial charge in [0.25, 0.3) is 0 Å². The molecule has 2 aliphatic rings. The quantitative estimate of drug-likeness (QED) is 0.542. The van der Waals surface area contributed by atoms with Crippen molar-refractivity contribution in [1.82, 2.24) is 20.4 Å². The minimum absolute atomic E-state index is 0.519. The van der Waals surface area contributed by atoms with Crippen molar-refractivity contribution >= 4 is 17.7 Å². The molecule has 2 rings (SSSR count). The van der Waals surface area contributed by atoms with Crippen molar-refractivity contribution in [3.8, 4) is 0 Å². The first-order valence-electron chi connectivity index (χ1n) is 9.33. The van der Waals surface area contributed by atoms with Gasteiger partial charge in [0.1, 0.15) is 0 Å². The zero-order valence-corrected chi connectivity index (χ0v) is 16.0. The lowest BCUT2D eigenvalue weighted by Gasteiger charge is -2.37. The number of nitrogens with zero attached hydrogens (tertiary/aromatic N) is 3. The summed E-state index contributed by atoms with van der Waals surface area (Å²) >= 11 is 2.09. The van der Waals surface area contributed by atoms with Crippen LogP contribution in [0, 0.1) is 0 Å². The summed E-state index contributed by atoms with van der Waals surface area (Å²) in [5.74, 6) is 2.31. The van der Waals surface area contributed by atoms with Crippen LogP contribution in [0.4, 0.5) is 0 Å². The number of guanidine groups is 1. The van der Waals surface area contributed by atoms with E-state index < -0.39 is 0 Å². The maximum Gasteiger partial charge on any atom is 0.191 e. The summed E-state index contributed by atoms with van der Waals surface area (Å²) in [6.07, 6.45) is 2.71. The van der Waals surface area contributed by atoms with Crippen molar-refractivity contribution in [2.24, 2.45) is 4.99 Å². The van der Waals surface area contributed by atoms with E-state index in [4.69, 9.17) is 4.99 Å². The van der Waals surface area contributed by atoms with Gasteiger partial charge in [0.05, 0.1) is 6.54 Å². The van der Waals surface area contributed by atoms with E-state index in [0.29, 0.717) is 6.04 Å². The van der Waals surface area contributed by atoms with Crippen LogP contribution >= 0.6 is 11.8 Å². The maximum absolute atomic E-state index is 4.82. The van der Waals surface area contributed by atoms with Crippen LogP contribution in [0.1, 0.15) is 33.6 Å². The van der Waals surface area contributed by atoms with Crippen LogP contribution in [0.25, 0.3) is 0 Å². The zero-order chi connectivity index (χ0) is 16.5. The second-order valence-corrected chi connectivity index (χ2v) is 7.96. The molecule has 0 aromatic carbocycles. The molecule has 0 bridgehead atoms. The third-order valence-electron chi connectivity index (χ3n) is 4.86. The lowest BCUT2D eigenvalue weighted by molar-refractivity contribution is 0.109. The highest BCUT2D eigenvalue weighted by molar-refractivity contribution is 8.00. The highest BCUT2D eigenvalue weighted by atomic mass is 32.2. The summed E-state index contributed by atoms with van der Waals surface area (Å²) < 4.78 is 0. The fourth-order valence-corrected chi connectivity index (χ4v) is 4.42. The van der Waals surface area contributed by atoms with Crippen LogP contribution in [0.2, 0.25) is 0 Å². The SMILES string of the molecule is CCNC(=NCC(C)N1CCN(CC)CC1)NCC1CCCS1. The minimum Gasteiger partial charge on any atom is -0.357 e. The molecule has 2 atom stereocenters. The van der Waals surface area contributed by atoms with Gasteiger partial charge in [-0.2, -0.15) is 11.8 Å². The summed E-state index contributed by atoms with van der Waals surface area (Å²) in [5.41, 5.74) is 0. The van der Waals surface area contributed by atoms with Gasteiger partial charge in [-0.3, -0.25) is 9.89 Å². The summed E-state index contributed by atoms with van der Waals surface area (Å²) in [7, 11) is 0. The molecule has 0 amide bonds. The summed E-state index contributed by atoms with van der Waals surface area (Å²) in [6.45, 7) is 15.4. The molecule has 0 aromatic rings. The van der Waals surface area contributed by atoms with E-state index in [2.05, 4.69) is 53.0 Å². The third kappa shape index (κ3) is 6.51. The van der Waals surface area contributed by atoms with Crippen molar-refractivity contribution in [3.05, 3.63) is 0 Å². The number of rotatable bonds is 7.